The Morgan fingerprint density at radius 2 is 1.35 bits per heavy atom. The molecular weight excluding hydrogens is 589 g/mol. The first-order valence-electron chi connectivity index (χ1n) is 17.1. The Balaban J connectivity index is 1.32. The molecule has 0 bridgehead atoms. The predicted octanol–water partition coefficient (Wildman–Crippen LogP) is 11.3. The molecular formula is C43H44N4O. The van der Waals surface area contributed by atoms with Crippen LogP contribution in [0.2, 0.25) is 0 Å². The van der Waals surface area contributed by atoms with E-state index in [0.29, 0.717) is 0 Å². The minimum absolute atomic E-state index is 0.772. The number of pyridine rings is 1. The van der Waals surface area contributed by atoms with E-state index in [9.17, 15) is 0 Å². The molecule has 0 aliphatic rings. The van der Waals surface area contributed by atoms with Crippen molar-refractivity contribution in [1.82, 2.24) is 19.3 Å². The smallest absolute Gasteiger partial charge is 0.137 e. The maximum absolute atomic E-state index is 6.61. The van der Waals surface area contributed by atoms with E-state index in [1.54, 1.807) is 0 Å². The molecule has 0 saturated carbocycles. The Bertz CT molecular complexity index is 2310. The largest absolute Gasteiger partial charge is 0.457 e. The molecule has 0 amide bonds. The molecule has 0 unspecified atom stereocenters. The molecule has 5 nitrogen and oxygen atoms in total. The highest BCUT2D eigenvalue weighted by atomic mass is 16.5. The van der Waals surface area contributed by atoms with Crippen molar-refractivity contribution < 1.29 is 4.74 Å². The Kier molecular flexibility index (Phi) is 8.16. The fourth-order valence-electron chi connectivity index (χ4n) is 7.28. The quantitative estimate of drug-likeness (QED) is 0.167. The lowest BCUT2D eigenvalue weighted by atomic mass is 9.85. The third-order valence-electron chi connectivity index (χ3n) is 10.2. The molecule has 0 aliphatic carbocycles. The molecule has 0 aliphatic heterocycles. The van der Waals surface area contributed by atoms with Gasteiger partial charge in [-0.25, -0.2) is 9.67 Å². The lowest BCUT2D eigenvalue weighted by Gasteiger charge is -2.20. The number of para-hydroxylation sites is 1. The molecule has 5 heteroatoms. The first kappa shape index (κ1) is 31.4. The van der Waals surface area contributed by atoms with E-state index in [-0.39, 0.29) is 0 Å². The summed E-state index contributed by atoms with van der Waals surface area (Å²) in [7, 11) is 0. The molecule has 4 aromatic carbocycles. The van der Waals surface area contributed by atoms with Gasteiger partial charge in [0.2, 0.25) is 0 Å². The summed E-state index contributed by atoms with van der Waals surface area (Å²) in [6, 6.07) is 27.3. The fraction of sp³-hybridized carbons (Fsp3) is 0.256. The van der Waals surface area contributed by atoms with Gasteiger partial charge in [0, 0.05) is 34.7 Å². The summed E-state index contributed by atoms with van der Waals surface area (Å²) in [6.45, 7) is 17.8. The van der Waals surface area contributed by atoms with Gasteiger partial charge < -0.3 is 4.74 Å². The Labute approximate surface area is 283 Å². The molecule has 0 fully saturated rings. The molecule has 0 atom stereocenters. The third-order valence-corrected chi connectivity index (χ3v) is 10.2. The number of unbranched alkanes of at least 4 members (excludes halogenated alkanes) is 1. The zero-order valence-corrected chi connectivity index (χ0v) is 29.4. The van der Waals surface area contributed by atoms with Gasteiger partial charge >= 0.3 is 0 Å². The average Bonchev–Trinajstić information content (AvgIpc) is 3.59. The van der Waals surface area contributed by atoms with Crippen LogP contribution in [0.25, 0.3) is 44.4 Å². The zero-order chi connectivity index (χ0) is 33.7. The Morgan fingerprint density at radius 1 is 0.646 bits per heavy atom. The molecule has 7 aromatic rings. The average molecular weight is 633 g/mol. The van der Waals surface area contributed by atoms with Crippen molar-refractivity contribution in [1.29, 1.82) is 0 Å². The number of fused-ring (bicyclic) bond motifs is 3. The molecule has 7 rings (SSSR count). The number of benzene rings is 4. The Morgan fingerprint density at radius 3 is 2.10 bits per heavy atom. The van der Waals surface area contributed by atoms with E-state index in [1.807, 2.05) is 18.3 Å². The van der Waals surface area contributed by atoms with Crippen molar-refractivity contribution in [2.75, 3.05) is 0 Å². The van der Waals surface area contributed by atoms with Gasteiger partial charge in [-0.3, -0.25) is 4.57 Å². The summed E-state index contributed by atoms with van der Waals surface area (Å²) in [5.74, 6) is 2.44. The zero-order valence-electron chi connectivity index (χ0n) is 29.4. The van der Waals surface area contributed by atoms with Gasteiger partial charge in [-0.2, -0.15) is 5.10 Å². The lowest BCUT2D eigenvalue weighted by molar-refractivity contribution is 0.482. The van der Waals surface area contributed by atoms with Gasteiger partial charge in [-0.05, 0) is 143 Å². The van der Waals surface area contributed by atoms with Crippen molar-refractivity contribution in [3.05, 3.63) is 130 Å². The van der Waals surface area contributed by atoms with Crippen LogP contribution in [0.5, 0.6) is 11.5 Å². The van der Waals surface area contributed by atoms with Crippen LogP contribution >= 0.6 is 0 Å². The van der Waals surface area contributed by atoms with Gasteiger partial charge in [0.1, 0.15) is 17.3 Å². The molecule has 3 heterocycles. The number of rotatable bonds is 8. The highest BCUT2D eigenvalue weighted by Gasteiger charge is 2.23. The number of hydrogen-bond acceptors (Lipinski definition) is 3. The van der Waals surface area contributed by atoms with E-state index in [1.165, 1.54) is 61.0 Å². The first-order valence-corrected chi connectivity index (χ1v) is 17.1. The Hall–Kier alpha value is -5.16. The predicted molar refractivity (Wildman–Crippen MR) is 199 cm³/mol. The van der Waals surface area contributed by atoms with Crippen molar-refractivity contribution >= 4 is 21.8 Å². The van der Waals surface area contributed by atoms with Gasteiger partial charge in [0.25, 0.3) is 0 Å². The van der Waals surface area contributed by atoms with Crippen molar-refractivity contribution in [2.24, 2.45) is 0 Å². The second-order valence-corrected chi connectivity index (χ2v) is 13.2. The second-order valence-electron chi connectivity index (χ2n) is 13.2. The van der Waals surface area contributed by atoms with Crippen molar-refractivity contribution in [2.45, 2.75) is 74.7 Å². The van der Waals surface area contributed by atoms with E-state index in [4.69, 9.17) is 14.8 Å². The summed E-state index contributed by atoms with van der Waals surface area (Å²) in [6.07, 6.45) is 5.04. The maximum Gasteiger partial charge on any atom is 0.137 e. The minimum atomic E-state index is 0.772. The highest BCUT2D eigenvalue weighted by Crippen LogP contribution is 2.40. The summed E-state index contributed by atoms with van der Waals surface area (Å²) >= 11 is 0. The second kappa shape index (κ2) is 12.5. The standard InChI is InChI=1S/C43H44N4O/c1-9-10-17-39-43(42-30(6)28(4)27(3)29(5)31(42)7)32(8)45-47(39)33-14-13-15-34(24-33)48-35-19-20-37-36-16-11-12-18-38(36)46(40(37)25-35)41-23-26(2)21-22-44-41/h11-16,18-25H,9-10,17H2,1-8H3. The minimum Gasteiger partial charge on any atom is -0.457 e. The van der Waals surface area contributed by atoms with Crippen LogP contribution in [0, 0.1) is 48.5 Å². The molecule has 48 heavy (non-hydrogen) atoms. The van der Waals surface area contributed by atoms with Crippen molar-refractivity contribution in [3.8, 4) is 34.1 Å². The summed E-state index contributed by atoms with van der Waals surface area (Å²) in [5.41, 5.74) is 16.1. The van der Waals surface area contributed by atoms with Gasteiger partial charge in [0.05, 0.1) is 28.1 Å². The molecule has 242 valence electrons. The topological polar surface area (TPSA) is 44.9 Å². The lowest BCUT2D eigenvalue weighted by Crippen LogP contribution is -2.05. The summed E-state index contributed by atoms with van der Waals surface area (Å²) < 4.78 is 11.0. The van der Waals surface area contributed by atoms with Crippen LogP contribution in [-0.2, 0) is 6.42 Å². The first-order chi connectivity index (χ1) is 23.2. The summed E-state index contributed by atoms with van der Waals surface area (Å²) in [5, 5.41) is 7.55. The monoisotopic (exact) mass is 632 g/mol. The fourth-order valence-corrected chi connectivity index (χ4v) is 7.28. The van der Waals surface area contributed by atoms with E-state index in [0.717, 1.165) is 59.0 Å². The molecule has 0 saturated heterocycles. The molecule has 0 N–H and O–H groups in total. The normalized spacial score (nSPS) is 11.6. The number of ether oxygens (including phenoxy) is 1. The molecule has 0 spiro atoms. The summed E-state index contributed by atoms with van der Waals surface area (Å²) in [4.78, 5) is 4.74. The van der Waals surface area contributed by atoms with Gasteiger partial charge in [-0.1, -0.05) is 37.6 Å². The number of aromatic nitrogens is 4. The van der Waals surface area contributed by atoms with Gasteiger partial charge in [0.15, 0.2) is 0 Å². The highest BCUT2D eigenvalue weighted by molar-refractivity contribution is 6.09. The van der Waals surface area contributed by atoms with Crippen LogP contribution in [0.3, 0.4) is 0 Å². The number of nitrogens with zero attached hydrogens (tertiary/aromatic N) is 4. The molecule has 3 aromatic heterocycles. The van der Waals surface area contributed by atoms with Crippen LogP contribution in [-0.4, -0.2) is 19.3 Å². The van der Waals surface area contributed by atoms with E-state index < -0.39 is 0 Å². The third kappa shape index (κ3) is 5.28. The van der Waals surface area contributed by atoms with Crippen LogP contribution < -0.4 is 4.74 Å². The maximum atomic E-state index is 6.61. The van der Waals surface area contributed by atoms with Crippen LogP contribution in [0.15, 0.2) is 85.1 Å². The van der Waals surface area contributed by atoms with Crippen LogP contribution in [0.1, 0.15) is 64.5 Å². The van der Waals surface area contributed by atoms with E-state index in [2.05, 4.69) is 131 Å². The molecule has 0 radical (unpaired) electrons. The van der Waals surface area contributed by atoms with Gasteiger partial charge in [-0.15, -0.1) is 0 Å². The van der Waals surface area contributed by atoms with E-state index >= 15 is 0 Å². The van der Waals surface area contributed by atoms with Crippen molar-refractivity contribution in [3.63, 3.8) is 0 Å². The number of hydrogen-bond donors (Lipinski definition) is 0. The SMILES string of the molecule is CCCCc1c(-c2c(C)c(C)c(C)c(C)c2C)c(C)nn1-c1cccc(Oc2ccc3c4ccccc4n(-c4cc(C)ccn4)c3c2)c1. The number of aryl methyl sites for hydroxylation is 2. The van der Waals surface area contributed by atoms with Crippen LogP contribution in [0.4, 0.5) is 0 Å².